The van der Waals surface area contributed by atoms with Crippen LogP contribution in [-0.4, -0.2) is 10.3 Å². The van der Waals surface area contributed by atoms with Crippen molar-refractivity contribution >= 4 is 82.5 Å². The molecular formula is C75H56N2O2. The number of rotatable bonds is 9. The van der Waals surface area contributed by atoms with Gasteiger partial charge in [-0.25, -0.2) is 0 Å². The first-order valence-electron chi connectivity index (χ1n) is 28.0. The summed E-state index contributed by atoms with van der Waals surface area (Å²) in [5.74, 6) is 0.340. The molecule has 4 nitrogen and oxygen atoms in total. The molecule has 10 aromatic carbocycles. The van der Waals surface area contributed by atoms with Crippen LogP contribution in [0.15, 0.2) is 269 Å². The van der Waals surface area contributed by atoms with Gasteiger partial charge in [-0.2, -0.15) is 0 Å². The molecule has 0 radical (unpaired) electrons. The van der Waals surface area contributed by atoms with Crippen molar-refractivity contribution in [3.63, 3.8) is 0 Å². The topological polar surface area (TPSA) is 43.6 Å². The van der Waals surface area contributed by atoms with Crippen molar-refractivity contribution in [1.29, 1.82) is 0 Å². The Balaban J connectivity index is 0.745. The van der Waals surface area contributed by atoms with E-state index in [-0.39, 0.29) is 17.9 Å². The maximum Gasteiger partial charge on any atom is 0.136 e. The van der Waals surface area contributed by atoms with Crippen molar-refractivity contribution in [3.05, 3.63) is 283 Å². The van der Waals surface area contributed by atoms with Gasteiger partial charge in [-0.05, 0) is 160 Å². The predicted octanol–water partition coefficient (Wildman–Crippen LogP) is 20.5. The Labute approximate surface area is 459 Å². The van der Waals surface area contributed by atoms with Crippen LogP contribution in [0.3, 0.4) is 0 Å². The third-order valence-corrected chi connectivity index (χ3v) is 16.9. The number of furan rings is 2. The molecule has 0 amide bonds. The minimum absolute atomic E-state index is 0.0765. The highest BCUT2D eigenvalue weighted by atomic mass is 16.3. The summed E-state index contributed by atoms with van der Waals surface area (Å²) in [6.45, 7) is 2.32. The maximum atomic E-state index is 6.74. The second-order valence-corrected chi connectivity index (χ2v) is 21.4. The van der Waals surface area contributed by atoms with Gasteiger partial charge in [0.05, 0.1) is 17.1 Å². The average molecular weight is 1020 g/mol. The predicted molar refractivity (Wildman–Crippen MR) is 330 cm³/mol. The van der Waals surface area contributed by atoms with Crippen LogP contribution in [0, 0.1) is 5.92 Å². The maximum absolute atomic E-state index is 6.74. The number of aromatic nitrogens is 1. The fraction of sp³-hybridized carbons (Fsp3) is 0.107. The Kier molecular flexibility index (Phi) is 11.5. The molecule has 13 aromatic rings. The molecule has 378 valence electrons. The van der Waals surface area contributed by atoms with Gasteiger partial charge in [0.1, 0.15) is 22.3 Å². The minimum Gasteiger partial charge on any atom is -0.456 e. The molecule has 0 bridgehead atoms. The van der Waals surface area contributed by atoms with Crippen molar-refractivity contribution in [3.8, 4) is 27.9 Å². The van der Waals surface area contributed by atoms with Crippen LogP contribution in [-0.2, 0) is 0 Å². The van der Waals surface area contributed by atoms with Crippen LogP contribution in [0.2, 0.25) is 0 Å². The zero-order chi connectivity index (χ0) is 52.4. The van der Waals surface area contributed by atoms with E-state index in [1.54, 1.807) is 0 Å². The van der Waals surface area contributed by atoms with E-state index in [4.69, 9.17) is 13.8 Å². The molecule has 0 saturated heterocycles. The van der Waals surface area contributed by atoms with Crippen molar-refractivity contribution in [2.45, 2.75) is 44.6 Å². The van der Waals surface area contributed by atoms with E-state index in [9.17, 15) is 0 Å². The van der Waals surface area contributed by atoms with Gasteiger partial charge < -0.3 is 13.4 Å². The largest absolute Gasteiger partial charge is 0.456 e. The number of nitrogens with zero attached hydrogens (tertiary/aromatic N) is 2. The van der Waals surface area contributed by atoms with Gasteiger partial charge in [0.25, 0.3) is 0 Å². The van der Waals surface area contributed by atoms with Gasteiger partial charge in [0.15, 0.2) is 0 Å². The third-order valence-electron chi connectivity index (χ3n) is 16.9. The summed E-state index contributed by atoms with van der Waals surface area (Å²) in [6.07, 6.45) is 13.2. The van der Waals surface area contributed by atoms with E-state index in [0.29, 0.717) is 0 Å². The van der Waals surface area contributed by atoms with E-state index >= 15 is 0 Å². The summed E-state index contributed by atoms with van der Waals surface area (Å²) < 4.78 is 15.4. The molecule has 2 aliphatic rings. The summed E-state index contributed by atoms with van der Waals surface area (Å²) in [5, 5.41) is 7.15. The molecule has 0 N–H and O–H groups in total. The van der Waals surface area contributed by atoms with Crippen molar-refractivity contribution < 1.29 is 8.83 Å². The van der Waals surface area contributed by atoms with Gasteiger partial charge >= 0.3 is 0 Å². The number of hydrogen-bond acceptors (Lipinski definition) is 3. The second-order valence-electron chi connectivity index (χ2n) is 21.4. The molecule has 0 fully saturated rings. The standard InChI is InChI=1S/C75H56N2O2/c1-2-59-60(27-15-29-67(76-75(59)50-17-5-3-6-18-50)49-35-33-48(34-36-49)57-37-40-63-62-26-10-12-31-70(62)79-73(63)47-57)64-28-16-32-72-74(64)66-46-56(39-42-71(66)78-72)54-22-14-20-52(44-54)51-19-13-21-53(43-51)55-38-41-69-65(45-55)61-25-9-11-30-68(61)77(69)58-23-7-4-8-24-58/h3-14,16-21,23-28,30-47,54,59,75H,2,15,22,29H2,1H3/b60-27+,76-67+. The molecule has 0 saturated carbocycles. The highest BCUT2D eigenvalue weighted by molar-refractivity contribution is 6.12. The SMILES string of the molecule is CCC1/C(c2cccc3oc4ccc(C5C=C(c6cccc(-c7ccc8c(c7)c7ccccc7n8-c7ccccc7)c6)C=CC5)cc4c23)=C\CC/C(c2ccc(-c3ccc4c(c3)oc3ccccc34)cc2)=N\C1c1ccccc1. The number of benzene rings is 10. The Morgan fingerprint density at radius 2 is 1.15 bits per heavy atom. The van der Waals surface area contributed by atoms with Crippen molar-refractivity contribution in [2.24, 2.45) is 10.9 Å². The van der Waals surface area contributed by atoms with Crippen molar-refractivity contribution in [1.82, 2.24) is 4.57 Å². The molecular weight excluding hydrogens is 961 g/mol. The van der Waals surface area contributed by atoms with Gasteiger partial charge in [0, 0.05) is 55.6 Å². The number of aliphatic imine (C=N–C) groups is 1. The first-order valence-corrected chi connectivity index (χ1v) is 28.0. The summed E-state index contributed by atoms with van der Waals surface area (Å²) in [4.78, 5) is 5.79. The molecule has 79 heavy (non-hydrogen) atoms. The summed E-state index contributed by atoms with van der Waals surface area (Å²) in [6, 6.07) is 83.6. The van der Waals surface area contributed by atoms with E-state index in [0.717, 1.165) is 81.0 Å². The number of allylic oxidation sites excluding steroid dienone is 5. The van der Waals surface area contributed by atoms with Crippen LogP contribution < -0.4 is 0 Å². The fourth-order valence-electron chi connectivity index (χ4n) is 13.0. The lowest BCUT2D eigenvalue weighted by Crippen LogP contribution is -2.18. The fourth-order valence-corrected chi connectivity index (χ4v) is 13.0. The van der Waals surface area contributed by atoms with Gasteiger partial charge in [0.2, 0.25) is 0 Å². The monoisotopic (exact) mass is 1020 g/mol. The van der Waals surface area contributed by atoms with Crippen LogP contribution in [0.5, 0.6) is 0 Å². The van der Waals surface area contributed by atoms with E-state index in [1.165, 1.54) is 83.0 Å². The molecule has 3 atom stereocenters. The molecule has 0 spiro atoms. The normalized spacial score (nSPS) is 18.2. The number of hydrogen-bond donors (Lipinski definition) is 0. The Morgan fingerprint density at radius 3 is 2.03 bits per heavy atom. The lowest BCUT2D eigenvalue weighted by molar-refractivity contribution is 0.519. The molecule has 4 heteroatoms. The van der Waals surface area contributed by atoms with E-state index in [2.05, 4.69) is 254 Å². The zero-order valence-electron chi connectivity index (χ0n) is 44.0. The van der Waals surface area contributed by atoms with Crippen molar-refractivity contribution in [2.75, 3.05) is 0 Å². The zero-order valence-corrected chi connectivity index (χ0v) is 44.0. The highest BCUT2D eigenvalue weighted by Crippen LogP contribution is 2.46. The lowest BCUT2D eigenvalue weighted by atomic mass is 9.79. The average Bonchev–Trinajstić information content (AvgIpc) is 4.42. The van der Waals surface area contributed by atoms with Gasteiger partial charge in [-0.3, -0.25) is 4.99 Å². The second kappa shape index (κ2) is 19.5. The Bertz CT molecular complexity index is 4620. The molecule has 4 heterocycles. The van der Waals surface area contributed by atoms with Crippen LogP contribution in [0.25, 0.3) is 105 Å². The summed E-state index contributed by atoms with van der Waals surface area (Å²) >= 11 is 0. The molecule has 3 aromatic heterocycles. The molecule has 3 unspecified atom stereocenters. The first-order chi connectivity index (χ1) is 39.1. The summed E-state index contributed by atoms with van der Waals surface area (Å²) in [5.41, 5.74) is 21.8. The van der Waals surface area contributed by atoms with Gasteiger partial charge in [-0.15, -0.1) is 0 Å². The third kappa shape index (κ3) is 8.26. The lowest BCUT2D eigenvalue weighted by Gasteiger charge is -2.30. The quantitative estimate of drug-likeness (QED) is 0.145. The number of fused-ring (bicyclic) bond motifs is 9. The van der Waals surface area contributed by atoms with E-state index < -0.39 is 0 Å². The van der Waals surface area contributed by atoms with Crippen LogP contribution in [0.4, 0.5) is 0 Å². The smallest absolute Gasteiger partial charge is 0.136 e. The van der Waals surface area contributed by atoms with Gasteiger partial charge in [-0.1, -0.05) is 189 Å². The minimum atomic E-state index is -0.0765. The first kappa shape index (κ1) is 46.8. The van der Waals surface area contributed by atoms with Crippen LogP contribution >= 0.6 is 0 Å². The Morgan fingerprint density at radius 1 is 0.481 bits per heavy atom. The van der Waals surface area contributed by atoms with E-state index in [1.807, 2.05) is 12.1 Å². The number of para-hydroxylation sites is 3. The molecule has 15 rings (SSSR count). The molecule has 1 aliphatic carbocycles. The highest BCUT2D eigenvalue weighted by Gasteiger charge is 2.30. The molecule has 1 aliphatic heterocycles. The Hall–Kier alpha value is -9.51. The van der Waals surface area contributed by atoms with Crippen LogP contribution in [0.1, 0.15) is 72.4 Å². The summed E-state index contributed by atoms with van der Waals surface area (Å²) in [7, 11) is 0.